The number of nitrogens with zero attached hydrogens (tertiary/aromatic N) is 8. The Balaban J connectivity index is 1.26. The number of ether oxygens (including phenoxy) is 1. The van der Waals surface area contributed by atoms with Gasteiger partial charge >= 0.3 is 0 Å². The monoisotopic (exact) mass is 634 g/mol. The van der Waals surface area contributed by atoms with Crippen molar-refractivity contribution in [3.63, 3.8) is 0 Å². The van der Waals surface area contributed by atoms with Crippen molar-refractivity contribution in [2.24, 2.45) is 0 Å². The van der Waals surface area contributed by atoms with E-state index in [1.165, 1.54) is 12.4 Å². The SMILES string of the molecule is C=CC(=O)Nc1cc(Nc2cc(N3OCCC3c3cccc(-c4ccc5ncnn5c4)c3)ncn2)c(OC)cc1N(C)CCN(C)C. The summed E-state index contributed by atoms with van der Waals surface area (Å²) in [6.45, 7) is 5.73. The molecule has 1 fully saturated rings. The second kappa shape index (κ2) is 13.8. The van der Waals surface area contributed by atoms with Gasteiger partial charge in [-0.1, -0.05) is 24.8 Å². The van der Waals surface area contributed by atoms with Crippen LogP contribution in [0.5, 0.6) is 5.75 Å². The molecule has 6 rings (SSSR count). The van der Waals surface area contributed by atoms with E-state index < -0.39 is 0 Å². The van der Waals surface area contributed by atoms with E-state index >= 15 is 0 Å². The molecule has 47 heavy (non-hydrogen) atoms. The average Bonchev–Trinajstić information content (AvgIpc) is 3.77. The summed E-state index contributed by atoms with van der Waals surface area (Å²) in [4.78, 5) is 35.9. The normalized spacial score (nSPS) is 14.4. The minimum absolute atomic E-state index is 0.0555. The van der Waals surface area contributed by atoms with Gasteiger partial charge in [0.25, 0.3) is 0 Å². The van der Waals surface area contributed by atoms with Gasteiger partial charge in [-0.25, -0.2) is 24.5 Å². The maximum atomic E-state index is 12.4. The highest BCUT2D eigenvalue weighted by Gasteiger charge is 2.29. The number of amides is 1. The highest BCUT2D eigenvalue weighted by molar-refractivity contribution is 6.02. The third-order valence-corrected chi connectivity index (χ3v) is 7.98. The molecule has 1 atom stereocenters. The van der Waals surface area contributed by atoms with Crippen LogP contribution in [-0.2, 0) is 9.63 Å². The van der Waals surface area contributed by atoms with Crippen LogP contribution in [0.25, 0.3) is 16.8 Å². The molecular formula is C34H38N10O3. The Morgan fingerprint density at radius 1 is 1.04 bits per heavy atom. The van der Waals surface area contributed by atoms with Crippen molar-refractivity contribution in [3.8, 4) is 16.9 Å². The number of hydrogen-bond donors (Lipinski definition) is 2. The van der Waals surface area contributed by atoms with Gasteiger partial charge in [-0.3, -0.25) is 9.63 Å². The first-order chi connectivity index (χ1) is 22.8. The first-order valence-electron chi connectivity index (χ1n) is 15.2. The molecule has 0 aliphatic carbocycles. The first kappa shape index (κ1) is 31.5. The smallest absolute Gasteiger partial charge is 0.247 e. The molecule has 1 amide bonds. The van der Waals surface area contributed by atoms with Crippen molar-refractivity contribution in [3.05, 3.63) is 91.7 Å². The standard InChI is InChI=1S/C34H38N10O3/c1-6-34(45)40-26-17-27(30(46-5)18-29(26)42(4)14-13-41(2)3)39-31-19-33(36-21-35-31)44-28(12-15-47-44)24-9-7-8-23(16-24)25-10-11-32-37-22-38-43(32)20-25/h6-11,16-22,28H,1,12-15H2,2-5H3,(H,40,45)(H,35,36,39). The van der Waals surface area contributed by atoms with E-state index in [9.17, 15) is 4.79 Å². The molecule has 0 radical (unpaired) electrons. The minimum atomic E-state index is -0.312. The molecule has 2 aromatic carbocycles. The van der Waals surface area contributed by atoms with Gasteiger partial charge in [0.1, 0.15) is 24.2 Å². The summed E-state index contributed by atoms with van der Waals surface area (Å²) in [5.41, 5.74) is 6.05. The van der Waals surface area contributed by atoms with E-state index in [1.54, 1.807) is 18.0 Å². The van der Waals surface area contributed by atoms with E-state index in [0.717, 1.165) is 47.5 Å². The van der Waals surface area contributed by atoms with Gasteiger partial charge in [0.2, 0.25) is 5.91 Å². The Hall–Kier alpha value is -5.53. The molecule has 0 saturated carbocycles. The summed E-state index contributed by atoms with van der Waals surface area (Å²) in [6, 6.07) is 17.9. The zero-order valence-electron chi connectivity index (χ0n) is 26.9. The van der Waals surface area contributed by atoms with Gasteiger partial charge < -0.3 is 25.2 Å². The van der Waals surface area contributed by atoms with Crippen LogP contribution < -0.4 is 25.3 Å². The van der Waals surface area contributed by atoms with Crippen molar-refractivity contribution in [1.82, 2.24) is 29.5 Å². The molecule has 13 nitrogen and oxygen atoms in total. The molecule has 4 heterocycles. The highest BCUT2D eigenvalue weighted by atomic mass is 16.7. The lowest BCUT2D eigenvalue weighted by Crippen LogP contribution is -2.29. The van der Waals surface area contributed by atoms with Crippen LogP contribution in [0.1, 0.15) is 18.0 Å². The van der Waals surface area contributed by atoms with E-state index in [2.05, 4.69) is 71.3 Å². The number of benzene rings is 2. The number of rotatable bonds is 12. The van der Waals surface area contributed by atoms with E-state index in [4.69, 9.17) is 9.57 Å². The molecule has 1 aliphatic rings. The topological polar surface area (TPSA) is 125 Å². The molecule has 1 aliphatic heterocycles. The number of hydroxylamine groups is 1. The Bertz CT molecular complexity index is 1890. The average molecular weight is 635 g/mol. The van der Waals surface area contributed by atoms with Crippen LogP contribution >= 0.6 is 0 Å². The fourth-order valence-electron chi connectivity index (χ4n) is 5.49. The molecule has 13 heteroatoms. The Kier molecular flexibility index (Phi) is 9.27. The van der Waals surface area contributed by atoms with E-state index in [1.807, 2.05) is 62.7 Å². The van der Waals surface area contributed by atoms with E-state index in [0.29, 0.717) is 35.4 Å². The number of pyridine rings is 1. The summed E-state index contributed by atoms with van der Waals surface area (Å²) < 4.78 is 7.54. The summed E-state index contributed by atoms with van der Waals surface area (Å²) in [6.07, 6.45) is 7.06. The second-order valence-electron chi connectivity index (χ2n) is 11.4. The third kappa shape index (κ3) is 7.00. The molecule has 1 saturated heterocycles. The maximum Gasteiger partial charge on any atom is 0.247 e. The number of nitrogens with one attached hydrogen (secondary N) is 2. The predicted octanol–water partition coefficient (Wildman–Crippen LogP) is 4.94. The number of likely N-dealkylation sites (N-methyl/N-ethyl adjacent to an activating group) is 2. The molecule has 5 aromatic rings. The van der Waals surface area contributed by atoms with Crippen LogP contribution in [0, 0.1) is 0 Å². The van der Waals surface area contributed by atoms with Crippen LogP contribution in [0.4, 0.5) is 28.7 Å². The summed E-state index contributed by atoms with van der Waals surface area (Å²) in [5, 5.41) is 12.4. The number of fused-ring (bicyclic) bond motifs is 1. The molecule has 2 N–H and O–H groups in total. The largest absolute Gasteiger partial charge is 0.494 e. The fourth-order valence-corrected chi connectivity index (χ4v) is 5.49. The summed E-state index contributed by atoms with van der Waals surface area (Å²) in [7, 11) is 7.62. The lowest BCUT2D eigenvalue weighted by atomic mass is 9.99. The number of hydrogen-bond acceptors (Lipinski definition) is 11. The summed E-state index contributed by atoms with van der Waals surface area (Å²) in [5.74, 6) is 1.42. The highest BCUT2D eigenvalue weighted by Crippen LogP contribution is 2.39. The third-order valence-electron chi connectivity index (χ3n) is 7.98. The number of methoxy groups -OCH3 is 1. The Morgan fingerprint density at radius 2 is 1.91 bits per heavy atom. The summed E-state index contributed by atoms with van der Waals surface area (Å²) >= 11 is 0. The van der Waals surface area contributed by atoms with Crippen molar-refractivity contribution in [2.75, 3.05) is 68.5 Å². The van der Waals surface area contributed by atoms with Crippen LogP contribution in [0.15, 0.2) is 86.1 Å². The molecule has 0 bridgehead atoms. The second-order valence-corrected chi connectivity index (χ2v) is 11.4. The Morgan fingerprint density at radius 3 is 2.72 bits per heavy atom. The number of carbonyl (C=O) groups excluding carboxylic acids is 1. The van der Waals surface area contributed by atoms with Crippen LogP contribution in [0.3, 0.4) is 0 Å². The quantitative estimate of drug-likeness (QED) is 0.181. The minimum Gasteiger partial charge on any atom is -0.494 e. The molecule has 3 aromatic heterocycles. The van der Waals surface area contributed by atoms with Crippen molar-refractivity contribution >= 4 is 40.3 Å². The first-order valence-corrected chi connectivity index (χ1v) is 15.2. The number of aromatic nitrogens is 5. The van der Waals surface area contributed by atoms with Crippen LogP contribution in [0.2, 0.25) is 0 Å². The van der Waals surface area contributed by atoms with Crippen LogP contribution in [-0.4, -0.2) is 83.3 Å². The van der Waals surface area contributed by atoms with Crippen molar-refractivity contribution in [1.29, 1.82) is 0 Å². The van der Waals surface area contributed by atoms with Gasteiger partial charge in [0.05, 0.1) is 36.8 Å². The molecule has 242 valence electrons. The zero-order chi connectivity index (χ0) is 32.9. The van der Waals surface area contributed by atoms with Gasteiger partial charge in [-0.2, -0.15) is 5.10 Å². The van der Waals surface area contributed by atoms with Crippen molar-refractivity contribution < 1.29 is 14.4 Å². The number of anilines is 5. The van der Waals surface area contributed by atoms with E-state index in [-0.39, 0.29) is 11.9 Å². The Labute approximate surface area is 273 Å². The predicted molar refractivity (Wildman–Crippen MR) is 183 cm³/mol. The molecule has 1 unspecified atom stereocenters. The van der Waals surface area contributed by atoms with Gasteiger partial charge in [-0.15, -0.1) is 0 Å². The zero-order valence-corrected chi connectivity index (χ0v) is 26.9. The lowest BCUT2D eigenvalue weighted by Gasteiger charge is -2.26. The maximum absolute atomic E-state index is 12.4. The molecule has 0 spiro atoms. The van der Waals surface area contributed by atoms with Crippen molar-refractivity contribution in [2.45, 2.75) is 12.5 Å². The van der Waals surface area contributed by atoms with Gasteiger partial charge in [-0.05, 0) is 55.6 Å². The van der Waals surface area contributed by atoms with Gasteiger partial charge in [0, 0.05) is 50.5 Å². The molecular weight excluding hydrogens is 596 g/mol. The lowest BCUT2D eigenvalue weighted by molar-refractivity contribution is -0.111. The fraction of sp³-hybridized carbons (Fsp3) is 0.265. The number of carbonyl (C=O) groups is 1. The van der Waals surface area contributed by atoms with Gasteiger partial charge in [0.15, 0.2) is 11.5 Å².